The van der Waals surface area contributed by atoms with Crippen molar-refractivity contribution in [3.8, 4) is 5.75 Å². The second kappa shape index (κ2) is 8.78. The molecule has 6 heteroatoms. The molecular weight excluding hydrogens is 392 g/mol. The highest BCUT2D eigenvalue weighted by molar-refractivity contribution is 6.32. The molecule has 0 saturated heterocycles. The number of methoxy groups -OCH3 is 1. The zero-order valence-corrected chi connectivity index (χ0v) is 17.4. The van der Waals surface area contributed by atoms with Gasteiger partial charge in [0.2, 0.25) is 0 Å². The predicted molar refractivity (Wildman–Crippen MR) is 110 cm³/mol. The molecule has 1 aliphatic carbocycles. The van der Waals surface area contributed by atoms with Crippen molar-refractivity contribution in [1.82, 2.24) is 0 Å². The Hall–Kier alpha value is -2.66. The molecule has 0 aromatic heterocycles. The van der Waals surface area contributed by atoms with Gasteiger partial charge < -0.3 is 14.3 Å². The van der Waals surface area contributed by atoms with Gasteiger partial charge in [0.25, 0.3) is 0 Å². The molecule has 0 amide bonds. The fraction of sp³-hybridized carbons (Fsp3) is 0.348. The molecule has 0 heterocycles. The number of Topliss-reactive ketones (excluding diaryl/α,β-unsaturated/α-hetero) is 1. The van der Waals surface area contributed by atoms with Crippen molar-refractivity contribution in [1.29, 1.82) is 0 Å². The topological polar surface area (TPSA) is 69.7 Å². The van der Waals surface area contributed by atoms with Gasteiger partial charge in [0, 0.05) is 17.4 Å². The molecular formula is C23H23ClO5. The Morgan fingerprint density at radius 2 is 1.90 bits per heavy atom. The summed E-state index contributed by atoms with van der Waals surface area (Å²) in [6.07, 6.45) is 1.94. The molecule has 0 saturated carbocycles. The first kappa shape index (κ1) is 21.1. The third-order valence-electron chi connectivity index (χ3n) is 5.14. The monoisotopic (exact) mass is 414 g/mol. The molecule has 2 aromatic rings. The fourth-order valence-corrected chi connectivity index (χ4v) is 3.96. The van der Waals surface area contributed by atoms with E-state index in [1.54, 1.807) is 36.4 Å². The number of aryl methyl sites for hydroxylation is 1. The van der Waals surface area contributed by atoms with Crippen LogP contribution in [0.4, 0.5) is 0 Å². The Bertz CT molecular complexity index is 933. The van der Waals surface area contributed by atoms with Crippen LogP contribution in [0.2, 0.25) is 5.02 Å². The van der Waals surface area contributed by atoms with Crippen LogP contribution in [-0.2, 0) is 16.0 Å². The molecule has 1 aliphatic rings. The minimum absolute atomic E-state index is 0.0731. The minimum Gasteiger partial charge on any atom is -0.489 e. The molecule has 5 nitrogen and oxygen atoms in total. The Balaban J connectivity index is 1.91. The minimum atomic E-state index is -0.590. The molecule has 2 aromatic carbocycles. The van der Waals surface area contributed by atoms with E-state index in [1.807, 2.05) is 13.8 Å². The molecule has 0 aliphatic heterocycles. The van der Waals surface area contributed by atoms with E-state index in [4.69, 9.17) is 21.1 Å². The summed E-state index contributed by atoms with van der Waals surface area (Å²) in [6, 6.07) is 10.1. The summed E-state index contributed by atoms with van der Waals surface area (Å²) in [5.74, 6) is -1.13. The number of rotatable bonds is 6. The van der Waals surface area contributed by atoms with Gasteiger partial charge in [0.15, 0.2) is 5.78 Å². The van der Waals surface area contributed by atoms with E-state index in [1.165, 1.54) is 7.11 Å². The van der Waals surface area contributed by atoms with Gasteiger partial charge in [0.05, 0.1) is 23.8 Å². The Labute approximate surface area is 175 Å². The number of esters is 1. The molecule has 152 valence electrons. The predicted octanol–water partition coefficient (Wildman–Crippen LogP) is 4.64. The van der Waals surface area contributed by atoms with E-state index in [0.29, 0.717) is 40.3 Å². The van der Waals surface area contributed by atoms with Crippen molar-refractivity contribution in [3.63, 3.8) is 0 Å². The maximum atomic E-state index is 13.2. The second-order valence-electron chi connectivity index (χ2n) is 7.39. The largest absolute Gasteiger partial charge is 0.489 e. The molecule has 0 spiro atoms. The highest BCUT2D eigenvalue weighted by atomic mass is 35.5. The number of carbonyl (C=O) groups is 3. The second-order valence-corrected chi connectivity index (χ2v) is 7.80. The molecule has 0 radical (unpaired) electrons. The number of ketones is 1. The van der Waals surface area contributed by atoms with Crippen LogP contribution in [0, 0.1) is 5.92 Å². The summed E-state index contributed by atoms with van der Waals surface area (Å²) >= 11 is 6.30. The number of hydrogen-bond donors (Lipinski definition) is 0. The van der Waals surface area contributed by atoms with Crippen molar-refractivity contribution in [3.05, 3.63) is 63.7 Å². The van der Waals surface area contributed by atoms with Gasteiger partial charge in [-0.15, -0.1) is 0 Å². The summed E-state index contributed by atoms with van der Waals surface area (Å²) in [5.41, 5.74) is 2.52. The summed E-state index contributed by atoms with van der Waals surface area (Å²) in [5, 5.41) is 0.481. The van der Waals surface area contributed by atoms with Crippen LogP contribution >= 0.6 is 11.6 Å². The van der Waals surface area contributed by atoms with E-state index in [-0.39, 0.29) is 11.9 Å². The van der Waals surface area contributed by atoms with E-state index in [9.17, 15) is 14.4 Å². The lowest BCUT2D eigenvalue weighted by molar-refractivity contribution is -0.109. The molecule has 0 N–H and O–H groups in total. The van der Waals surface area contributed by atoms with Crippen molar-refractivity contribution in [2.75, 3.05) is 7.11 Å². The van der Waals surface area contributed by atoms with Crippen LogP contribution in [0.3, 0.4) is 0 Å². The standard InChI is InChI=1S/C23H23ClO5/c1-13(2)29-21-11-18-16(10-20(21)24)8-9-17(22(18)26)19(12-25)14-4-6-15(7-5-14)23(27)28-3/h4-7,10-13,17,19H,8-9H2,1-3H3. The van der Waals surface area contributed by atoms with Gasteiger partial charge in [-0.1, -0.05) is 23.7 Å². The zero-order chi connectivity index (χ0) is 21.1. The number of hydrogen-bond acceptors (Lipinski definition) is 5. The molecule has 0 fully saturated rings. The summed E-state index contributed by atoms with van der Waals surface area (Å²) < 4.78 is 10.4. The van der Waals surface area contributed by atoms with E-state index in [2.05, 4.69) is 0 Å². The SMILES string of the molecule is COC(=O)c1ccc(C(C=O)C2CCc3cc(Cl)c(OC(C)C)cc3C2=O)cc1. The van der Waals surface area contributed by atoms with Gasteiger partial charge in [-0.3, -0.25) is 4.79 Å². The fourth-order valence-electron chi connectivity index (χ4n) is 3.72. The van der Waals surface area contributed by atoms with Gasteiger partial charge in [0.1, 0.15) is 12.0 Å². The molecule has 29 heavy (non-hydrogen) atoms. The van der Waals surface area contributed by atoms with Gasteiger partial charge in [-0.25, -0.2) is 4.79 Å². The maximum Gasteiger partial charge on any atom is 0.337 e. The number of fused-ring (bicyclic) bond motifs is 1. The first-order valence-corrected chi connectivity index (χ1v) is 9.90. The Morgan fingerprint density at radius 3 is 2.48 bits per heavy atom. The first-order chi connectivity index (χ1) is 13.8. The number of halogens is 1. The third kappa shape index (κ3) is 4.35. The van der Waals surface area contributed by atoms with E-state index >= 15 is 0 Å². The number of ether oxygens (including phenoxy) is 2. The highest BCUT2D eigenvalue weighted by Crippen LogP contribution is 2.39. The molecule has 2 unspecified atom stereocenters. The van der Waals surface area contributed by atoms with Crippen LogP contribution in [0.25, 0.3) is 0 Å². The highest BCUT2D eigenvalue weighted by Gasteiger charge is 2.35. The van der Waals surface area contributed by atoms with Crippen molar-refractivity contribution in [2.45, 2.75) is 38.7 Å². The van der Waals surface area contributed by atoms with Crippen LogP contribution in [0.1, 0.15) is 58.0 Å². The lowest BCUT2D eigenvalue weighted by Crippen LogP contribution is -2.29. The normalized spacial score (nSPS) is 16.9. The number of carbonyl (C=O) groups excluding carboxylic acids is 3. The Kier molecular flexibility index (Phi) is 6.38. The lowest BCUT2D eigenvalue weighted by Gasteiger charge is -2.28. The average Bonchev–Trinajstić information content (AvgIpc) is 2.71. The third-order valence-corrected chi connectivity index (χ3v) is 5.44. The molecule has 2 atom stereocenters. The maximum absolute atomic E-state index is 13.2. The lowest BCUT2D eigenvalue weighted by atomic mass is 9.74. The molecule has 3 rings (SSSR count). The zero-order valence-electron chi connectivity index (χ0n) is 16.6. The van der Waals surface area contributed by atoms with E-state index < -0.39 is 17.8 Å². The van der Waals surface area contributed by atoms with E-state index in [0.717, 1.165) is 11.8 Å². The molecule has 0 bridgehead atoms. The van der Waals surface area contributed by atoms with Crippen molar-refractivity contribution >= 4 is 29.6 Å². The van der Waals surface area contributed by atoms with Gasteiger partial charge in [-0.05, 0) is 62.1 Å². The Morgan fingerprint density at radius 1 is 1.21 bits per heavy atom. The van der Waals surface area contributed by atoms with Crippen LogP contribution in [0.15, 0.2) is 36.4 Å². The summed E-state index contributed by atoms with van der Waals surface area (Å²) in [7, 11) is 1.31. The van der Waals surface area contributed by atoms with Crippen molar-refractivity contribution < 1.29 is 23.9 Å². The van der Waals surface area contributed by atoms with Gasteiger partial charge >= 0.3 is 5.97 Å². The van der Waals surface area contributed by atoms with Gasteiger partial charge in [-0.2, -0.15) is 0 Å². The first-order valence-electron chi connectivity index (χ1n) is 9.52. The smallest absolute Gasteiger partial charge is 0.337 e. The van der Waals surface area contributed by atoms with Crippen LogP contribution in [-0.4, -0.2) is 31.3 Å². The number of benzene rings is 2. The summed E-state index contributed by atoms with van der Waals surface area (Å²) in [4.78, 5) is 36.8. The van der Waals surface area contributed by atoms with Crippen LogP contribution in [0.5, 0.6) is 5.75 Å². The summed E-state index contributed by atoms with van der Waals surface area (Å²) in [6.45, 7) is 3.78. The number of aldehydes is 1. The van der Waals surface area contributed by atoms with Crippen LogP contribution < -0.4 is 4.74 Å². The average molecular weight is 415 g/mol. The quantitative estimate of drug-likeness (QED) is 0.508. The van der Waals surface area contributed by atoms with Crippen molar-refractivity contribution in [2.24, 2.45) is 5.92 Å².